The second kappa shape index (κ2) is 4.13. The Morgan fingerprint density at radius 2 is 2.00 bits per heavy atom. The van der Waals surface area contributed by atoms with Gasteiger partial charge in [0.1, 0.15) is 0 Å². The van der Waals surface area contributed by atoms with E-state index in [9.17, 15) is 0 Å². The monoisotopic (exact) mass is 181 g/mol. The van der Waals surface area contributed by atoms with Crippen LogP contribution in [-0.4, -0.2) is 18.2 Å². The maximum atomic E-state index is 6.01. The van der Waals surface area contributed by atoms with E-state index in [1.54, 1.807) is 0 Å². The maximum absolute atomic E-state index is 6.01. The van der Waals surface area contributed by atoms with Crippen LogP contribution in [-0.2, 0) is 4.74 Å². The third kappa shape index (κ3) is 2.04. The van der Waals surface area contributed by atoms with Crippen molar-refractivity contribution in [2.75, 3.05) is 0 Å². The van der Waals surface area contributed by atoms with Crippen molar-refractivity contribution in [3.8, 4) is 12.3 Å². The minimum absolute atomic E-state index is 0.0833. The summed E-state index contributed by atoms with van der Waals surface area (Å²) in [5, 5.41) is 0. The molecule has 0 radical (unpaired) electrons. The Morgan fingerprint density at radius 1 is 1.38 bits per heavy atom. The van der Waals surface area contributed by atoms with E-state index in [0.29, 0.717) is 24.4 Å². The van der Waals surface area contributed by atoms with Gasteiger partial charge in [0.05, 0.1) is 12.2 Å². The molecule has 2 nitrogen and oxygen atoms in total. The summed E-state index contributed by atoms with van der Waals surface area (Å²) in [5.74, 6) is 3.54. The van der Waals surface area contributed by atoms with E-state index in [0.717, 1.165) is 0 Å². The summed E-state index contributed by atoms with van der Waals surface area (Å²) in [4.78, 5) is 0. The lowest BCUT2D eigenvalue weighted by atomic mass is 9.83. The Balaban J connectivity index is 2.63. The average molecular weight is 181 g/mol. The van der Waals surface area contributed by atoms with Gasteiger partial charge in [-0.3, -0.25) is 0 Å². The molecular weight excluding hydrogens is 162 g/mol. The van der Waals surface area contributed by atoms with E-state index in [1.165, 1.54) is 0 Å². The lowest BCUT2D eigenvalue weighted by Crippen LogP contribution is -2.37. The molecule has 1 rings (SSSR count). The van der Waals surface area contributed by atoms with Crippen LogP contribution < -0.4 is 5.73 Å². The third-order valence-corrected chi connectivity index (χ3v) is 3.17. The SMILES string of the molecule is C#CCC(N)C1C(C)OC(C)C1C. The lowest BCUT2D eigenvalue weighted by Gasteiger charge is -2.23. The van der Waals surface area contributed by atoms with Crippen LogP contribution in [0.1, 0.15) is 27.2 Å². The van der Waals surface area contributed by atoms with Gasteiger partial charge in [-0.2, -0.15) is 0 Å². The number of rotatable bonds is 2. The molecule has 0 aliphatic carbocycles. The van der Waals surface area contributed by atoms with E-state index in [2.05, 4.69) is 26.7 Å². The topological polar surface area (TPSA) is 35.2 Å². The van der Waals surface area contributed by atoms with Crippen molar-refractivity contribution in [3.63, 3.8) is 0 Å². The van der Waals surface area contributed by atoms with Crippen molar-refractivity contribution in [1.29, 1.82) is 0 Å². The molecule has 0 aromatic carbocycles. The molecule has 13 heavy (non-hydrogen) atoms. The molecule has 2 N–H and O–H groups in total. The number of terminal acetylenes is 1. The highest BCUT2D eigenvalue weighted by atomic mass is 16.5. The summed E-state index contributed by atoms with van der Waals surface area (Å²) >= 11 is 0. The van der Waals surface area contributed by atoms with Crippen LogP contribution >= 0.6 is 0 Å². The van der Waals surface area contributed by atoms with Gasteiger partial charge in [0, 0.05) is 18.4 Å². The van der Waals surface area contributed by atoms with Crippen LogP contribution in [0.15, 0.2) is 0 Å². The summed E-state index contributed by atoms with van der Waals surface area (Å²) in [6.45, 7) is 6.38. The Morgan fingerprint density at radius 3 is 2.38 bits per heavy atom. The van der Waals surface area contributed by atoms with Crippen LogP contribution in [0.4, 0.5) is 0 Å². The molecule has 1 fully saturated rings. The summed E-state index contributed by atoms with van der Waals surface area (Å²) < 4.78 is 5.70. The minimum atomic E-state index is 0.0833. The van der Waals surface area contributed by atoms with Gasteiger partial charge in [-0.25, -0.2) is 0 Å². The van der Waals surface area contributed by atoms with Gasteiger partial charge < -0.3 is 10.5 Å². The van der Waals surface area contributed by atoms with Gasteiger partial charge >= 0.3 is 0 Å². The molecule has 0 spiro atoms. The van der Waals surface area contributed by atoms with Crippen LogP contribution in [0.2, 0.25) is 0 Å². The first kappa shape index (κ1) is 10.6. The number of hydrogen-bond donors (Lipinski definition) is 1. The molecular formula is C11H19NO. The highest BCUT2D eigenvalue weighted by molar-refractivity contribution is 4.97. The maximum Gasteiger partial charge on any atom is 0.0597 e. The Labute approximate surface area is 80.8 Å². The number of ether oxygens (including phenoxy) is 1. The highest BCUT2D eigenvalue weighted by Gasteiger charge is 2.39. The summed E-state index contributed by atoms with van der Waals surface area (Å²) in [6, 6.07) is 0.0833. The molecule has 74 valence electrons. The largest absolute Gasteiger partial charge is 0.375 e. The van der Waals surface area contributed by atoms with Gasteiger partial charge in [-0.15, -0.1) is 12.3 Å². The second-order valence-corrected chi connectivity index (χ2v) is 4.05. The van der Waals surface area contributed by atoms with Crippen LogP contribution in [0, 0.1) is 24.2 Å². The molecule has 5 unspecified atom stereocenters. The Hall–Kier alpha value is -0.520. The Bertz CT molecular complexity index is 209. The zero-order valence-corrected chi connectivity index (χ0v) is 8.66. The number of hydrogen-bond acceptors (Lipinski definition) is 2. The fraction of sp³-hybridized carbons (Fsp3) is 0.818. The predicted molar refractivity (Wildman–Crippen MR) is 54.1 cm³/mol. The van der Waals surface area contributed by atoms with Crippen molar-refractivity contribution in [2.45, 2.75) is 45.4 Å². The zero-order valence-electron chi connectivity index (χ0n) is 8.66. The molecule has 0 saturated carbocycles. The third-order valence-electron chi connectivity index (χ3n) is 3.17. The predicted octanol–water partition coefficient (Wildman–Crippen LogP) is 1.40. The molecule has 1 heterocycles. The van der Waals surface area contributed by atoms with E-state index in [-0.39, 0.29) is 12.1 Å². The van der Waals surface area contributed by atoms with E-state index in [4.69, 9.17) is 16.9 Å². The molecule has 1 saturated heterocycles. The smallest absolute Gasteiger partial charge is 0.0597 e. The molecule has 0 amide bonds. The van der Waals surface area contributed by atoms with E-state index < -0.39 is 0 Å². The van der Waals surface area contributed by atoms with Crippen molar-refractivity contribution in [2.24, 2.45) is 17.6 Å². The number of nitrogens with two attached hydrogens (primary N) is 1. The normalized spacial score (nSPS) is 41.5. The Kier molecular flexibility index (Phi) is 3.35. The second-order valence-electron chi connectivity index (χ2n) is 4.05. The first-order valence-corrected chi connectivity index (χ1v) is 4.92. The van der Waals surface area contributed by atoms with Crippen molar-refractivity contribution in [3.05, 3.63) is 0 Å². The minimum Gasteiger partial charge on any atom is -0.375 e. The quantitative estimate of drug-likeness (QED) is 0.653. The van der Waals surface area contributed by atoms with Gasteiger partial charge in [0.2, 0.25) is 0 Å². The lowest BCUT2D eigenvalue weighted by molar-refractivity contribution is 0.0491. The highest BCUT2D eigenvalue weighted by Crippen LogP contribution is 2.34. The molecule has 5 atom stereocenters. The first-order valence-electron chi connectivity index (χ1n) is 4.92. The van der Waals surface area contributed by atoms with Crippen molar-refractivity contribution >= 4 is 0 Å². The summed E-state index contributed by atoms with van der Waals surface area (Å²) in [5.41, 5.74) is 6.01. The van der Waals surface area contributed by atoms with Crippen molar-refractivity contribution < 1.29 is 4.74 Å². The van der Waals surface area contributed by atoms with E-state index >= 15 is 0 Å². The molecule has 0 aromatic rings. The standard InChI is InChI=1S/C11H19NO/c1-5-6-10(12)11-7(2)8(3)13-9(11)4/h1,7-11H,6,12H2,2-4H3. The van der Waals surface area contributed by atoms with Gasteiger partial charge in [0.25, 0.3) is 0 Å². The zero-order chi connectivity index (χ0) is 10.0. The van der Waals surface area contributed by atoms with Gasteiger partial charge in [-0.05, 0) is 19.8 Å². The fourth-order valence-corrected chi connectivity index (χ4v) is 2.30. The summed E-state index contributed by atoms with van der Waals surface area (Å²) in [6.07, 6.45) is 6.45. The van der Waals surface area contributed by atoms with Gasteiger partial charge in [-0.1, -0.05) is 6.92 Å². The fourth-order valence-electron chi connectivity index (χ4n) is 2.30. The molecule has 0 aromatic heterocycles. The first-order chi connectivity index (χ1) is 6.07. The molecule has 1 aliphatic rings. The van der Waals surface area contributed by atoms with Gasteiger partial charge in [0.15, 0.2) is 0 Å². The molecule has 2 heteroatoms. The molecule has 0 bridgehead atoms. The van der Waals surface area contributed by atoms with E-state index in [1.807, 2.05) is 0 Å². The molecule has 1 aliphatic heterocycles. The van der Waals surface area contributed by atoms with Crippen molar-refractivity contribution in [1.82, 2.24) is 0 Å². The average Bonchev–Trinajstić information content (AvgIpc) is 2.27. The summed E-state index contributed by atoms with van der Waals surface area (Å²) in [7, 11) is 0. The van der Waals surface area contributed by atoms with Crippen LogP contribution in [0.25, 0.3) is 0 Å². The van der Waals surface area contributed by atoms with Crippen LogP contribution in [0.3, 0.4) is 0 Å². The van der Waals surface area contributed by atoms with Crippen LogP contribution in [0.5, 0.6) is 0 Å².